The second-order valence-electron chi connectivity index (χ2n) is 3.95. The number of benzene rings is 1. The number of hydrogen-bond acceptors (Lipinski definition) is 4. The van der Waals surface area contributed by atoms with Crippen molar-refractivity contribution in [3.05, 3.63) is 18.2 Å². The summed E-state index contributed by atoms with van der Waals surface area (Å²) in [7, 11) is 0. The van der Waals surface area contributed by atoms with Gasteiger partial charge in [0.2, 0.25) is 0 Å². The molecule has 0 unspecified atom stereocenters. The standard InChI is InChI=1S/C11H10N2O2S/c1-11(2)10(14)13-8-5-7(12-6-16)3-4-9(8)15-11/h3-5H,1-2H3,(H,13,14). The van der Waals surface area contributed by atoms with Gasteiger partial charge in [-0.2, -0.15) is 4.99 Å². The van der Waals surface area contributed by atoms with Crippen molar-refractivity contribution in [2.75, 3.05) is 5.32 Å². The molecule has 1 amide bonds. The number of anilines is 1. The lowest BCUT2D eigenvalue weighted by molar-refractivity contribution is -0.129. The molecule has 16 heavy (non-hydrogen) atoms. The van der Waals surface area contributed by atoms with Crippen molar-refractivity contribution in [2.24, 2.45) is 4.99 Å². The van der Waals surface area contributed by atoms with Crippen LogP contribution in [0.25, 0.3) is 0 Å². The van der Waals surface area contributed by atoms with Crippen molar-refractivity contribution in [1.29, 1.82) is 0 Å². The smallest absolute Gasteiger partial charge is 0.268 e. The number of isothiocyanates is 1. The fourth-order valence-corrected chi connectivity index (χ4v) is 1.53. The summed E-state index contributed by atoms with van der Waals surface area (Å²) in [5, 5.41) is 5.04. The normalized spacial score (nSPS) is 16.5. The van der Waals surface area contributed by atoms with E-state index in [1.54, 1.807) is 32.0 Å². The summed E-state index contributed by atoms with van der Waals surface area (Å²) in [4.78, 5) is 15.5. The maximum atomic E-state index is 11.6. The maximum absolute atomic E-state index is 11.6. The quantitative estimate of drug-likeness (QED) is 0.600. The molecule has 0 atom stereocenters. The van der Waals surface area contributed by atoms with Crippen molar-refractivity contribution in [1.82, 2.24) is 0 Å². The van der Waals surface area contributed by atoms with Crippen LogP contribution in [0.2, 0.25) is 0 Å². The van der Waals surface area contributed by atoms with E-state index in [-0.39, 0.29) is 5.91 Å². The van der Waals surface area contributed by atoms with Gasteiger partial charge in [-0.1, -0.05) is 0 Å². The number of amides is 1. The molecule has 1 N–H and O–H groups in total. The van der Waals surface area contributed by atoms with Crippen LogP contribution in [-0.2, 0) is 4.79 Å². The van der Waals surface area contributed by atoms with Crippen LogP contribution in [0, 0.1) is 0 Å². The Morgan fingerprint density at radius 3 is 2.94 bits per heavy atom. The Bertz CT molecular complexity index is 505. The molecular formula is C11H10N2O2S. The van der Waals surface area contributed by atoms with Gasteiger partial charge < -0.3 is 10.1 Å². The predicted molar refractivity (Wildman–Crippen MR) is 64.5 cm³/mol. The first-order chi connectivity index (χ1) is 7.53. The van der Waals surface area contributed by atoms with E-state index >= 15 is 0 Å². The monoisotopic (exact) mass is 234 g/mol. The molecule has 1 aliphatic heterocycles. The maximum Gasteiger partial charge on any atom is 0.268 e. The van der Waals surface area contributed by atoms with E-state index in [0.29, 0.717) is 17.1 Å². The number of carbonyl (C=O) groups is 1. The molecule has 1 heterocycles. The molecule has 0 saturated heterocycles. The van der Waals surface area contributed by atoms with Gasteiger partial charge in [-0.15, -0.1) is 0 Å². The predicted octanol–water partition coefficient (Wildman–Crippen LogP) is 2.53. The molecule has 0 saturated carbocycles. The number of thiocarbonyl (C=S) groups is 1. The Morgan fingerprint density at radius 1 is 1.50 bits per heavy atom. The zero-order chi connectivity index (χ0) is 11.8. The summed E-state index contributed by atoms with van der Waals surface area (Å²) in [5.41, 5.74) is 0.398. The summed E-state index contributed by atoms with van der Waals surface area (Å²) in [6.45, 7) is 3.43. The van der Waals surface area contributed by atoms with E-state index in [9.17, 15) is 4.79 Å². The first-order valence-electron chi connectivity index (χ1n) is 4.75. The molecular weight excluding hydrogens is 224 g/mol. The molecule has 1 aromatic carbocycles. The fourth-order valence-electron chi connectivity index (χ4n) is 1.42. The van der Waals surface area contributed by atoms with Gasteiger partial charge in [0.15, 0.2) is 5.60 Å². The Balaban J connectivity index is 2.44. The molecule has 82 valence electrons. The lowest BCUT2D eigenvalue weighted by Gasteiger charge is -2.31. The number of aliphatic imine (C=N–C) groups is 1. The van der Waals surface area contributed by atoms with Gasteiger partial charge in [0, 0.05) is 0 Å². The van der Waals surface area contributed by atoms with Crippen molar-refractivity contribution in [2.45, 2.75) is 19.4 Å². The third-order valence-electron chi connectivity index (χ3n) is 2.30. The van der Waals surface area contributed by atoms with E-state index in [2.05, 4.69) is 27.7 Å². The number of nitrogens with one attached hydrogen (secondary N) is 1. The number of ether oxygens (including phenoxy) is 1. The summed E-state index contributed by atoms with van der Waals surface area (Å²) < 4.78 is 5.56. The Morgan fingerprint density at radius 2 is 2.25 bits per heavy atom. The number of rotatable bonds is 1. The van der Waals surface area contributed by atoms with Gasteiger partial charge in [0.25, 0.3) is 5.91 Å². The van der Waals surface area contributed by atoms with E-state index < -0.39 is 5.60 Å². The van der Waals surface area contributed by atoms with E-state index in [1.807, 2.05) is 0 Å². The van der Waals surface area contributed by atoms with Gasteiger partial charge in [-0.3, -0.25) is 4.79 Å². The molecule has 4 nitrogen and oxygen atoms in total. The fraction of sp³-hybridized carbons (Fsp3) is 0.273. The molecule has 0 fully saturated rings. The minimum absolute atomic E-state index is 0.177. The SMILES string of the molecule is CC1(C)Oc2ccc(N=C=S)cc2NC1=O. The Hall–Kier alpha value is -1.71. The summed E-state index contributed by atoms with van der Waals surface area (Å²) in [6, 6.07) is 5.20. The molecule has 1 aromatic rings. The van der Waals surface area contributed by atoms with Crippen molar-refractivity contribution in [3.63, 3.8) is 0 Å². The number of hydrogen-bond donors (Lipinski definition) is 1. The minimum atomic E-state index is -0.845. The zero-order valence-electron chi connectivity index (χ0n) is 8.90. The van der Waals surface area contributed by atoms with Crippen LogP contribution in [0.15, 0.2) is 23.2 Å². The summed E-state index contributed by atoms with van der Waals surface area (Å²) in [5.74, 6) is 0.455. The van der Waals surface area contributed by atoms with E-state index in [0.717, 1.165) is 0 Å². The Labute approximate surface area is 98.3 Å². The largest absolute Gasteiger partial charge is 0.476 e. The number of fused-ring (bicyclic) bond motifs is 1. The molecule has 0 radical (unpaired) electrons. The second-order valence-corrected chi connectivity index (χ2v) is 4.13. The molecule has 0 bridgehead atoms. The third kappa shape index (κ3) is 1.83. The van der Waals surface area contributed by atoms with Crippen LogP contribution in [0.1, 0.15) is 13.8 Å². The average Bonchev–Trinajstić information content (AvgIpc) is 2.20. The van der Waals surface area contributed by atoms with E-state index in [4.69, 9.17) is 4.74 Å². The van der Waals surface area contributed by atoms with Crippen LogP contribution in [0.3, 0.4) is 0 Å². The molecule has 1 aliphatic rings. The van der Waals surface area contributed by atoms with Crippen molar-refractivity contribution < 1.29 is 9.53 Å². The molecule has 0 aliphatic carbocycles. The van der Waals surface area contributed by atoms with Crippen LogP contribution in [-0.4, -0.2) is 16.7 Å². The van der Waals surface area contributed by atoms with Crippen LogP contribution in [0.5, 0.6) is 5.75 Å². The topological polar surface area (TPSA) is 50.7 Å². The van der Waals surface area contributed by atoms with Gasteiger partial charge in [0.1, 0.15) is 5.75 Å². The van der Waals surface area contributed by atoms with Crippen LogP contribution < -0.4 is 10.1 Å². The first kappa shape index (κ1) is 10.8. The van der Waals surface area contributed by atoms with Crippen LogP contribution >= 0.6 is 12.2 Å². The molecule has 0 spiro atoms. The molecule has 2 rings (SSSR count). The van der Waals surface area contributed by atoms with Gasteiger partial charge in [-0.05, 0) is 44.3 Å². The zero-order valence-corrected chi connectivity index (χ0v) is 9.72. The second kappa shape index (κ2) is 3.70. The molecule has 0 aromatic heterocycles. The van der Waals surface area contributed by atoms with Gasteiger partial charge >= 0.3 is 0 Å². The van der Waals surface area contributed by atoms with Crippen molar-refractivity contribution >= 4 is 34.7 Å². The number of carbonyl (C=O) groups excluding carboxylic acids is 1. The first-order valence-corrected chi connectivity index (χ1v) is 5.16. The lowest BCUT2D eigenvalue weighted by atomic mass is 10.1. The van der Waals surface area contributed by atoms with Crippen molar-refractivity contribution in [3.8, 4) is 5.75 Å². The highest BCUT2D eigenvalue weighted by molar-refractivity contribution is 7.78. The van der Waals surface area contributed by atoms with Gasteiger partial charge in [0.05, 0.1) is 16.5 Å². The van der Waals surface area contributed by atoms with E-state index in [1.165, 1.54) is 0 Å². The average molecular weight is 234 g/mol. The lowest BCUT2D eigenvalue weighted by Crippen LogP contribution is -2.45. The number of nitrogens with zero attached hydrogens (tertiary/aromatic N) is 1. The minimum Gasteiger partial charge on any atom is -0.476 e. The van der Waals surface area contributed by atoms with Crippen LogP contribution in [0.4, 0.5) is 11.4 Å². The summed E-state index contributed by atoms with van der Waals surface area (Å²) >= 11 is 4.51. The highest BCUT2D eigenvalue weighted by Crippen LogP contribution is 2.35. The van der Waals surface area contributed by atoms with Gasteiger partial charge in [-0.25, -0.2) is 0 Å². The summed E-state index contributed by atoms with van der Waals surface area (Å²) in [6.07, 6.45) is 0. The highest BCUT2D eigenvalue weighted by Gasteiger charge is 2.35. The Kier molecular flexibility index (Phi) is 2.50. The molecule has 5 heteroatoms. The highest BCUT2D eigenvalue weighted by atomic mass is 32.1. The third-order valence-corrected chi connectivity index (χ3v) is 2.39.